The molecule has 2 aromatic carbocycles. The Hall–Kier alpha value is -2.16. The molecular weight excluding hydrogens is 643 g/mol. The third-order valence-corrected chi connectivity index (χ3v) is 6.13. The van der Waals surface area contributed by atoms with Crippen molar-refractivity contribution in [1.29, 1.82) is 0 Å². The molecule has 194 valence electrons. The summed E-state index contributed by atoms with van der Waals surface area (Å²) in [4.78, 5) is 16.0. The van der Waals surface area contributed by atoms with Crippen LogP contribution in [0, 0.1) is 0 Å². The van der Waals surface area contributed by atoms with Crippen LogP contribution in [-0.4, -0.2) is 9.55 Å². The second-order valence-electron chi connectivity index (χ2n) is 6.84. The van der Waals surface area contributed by atoms with Crippen molar-refractivity contribution in [2.45, 2.75) is 18.5 Å². The van der Waals surface area contributed by atoms with Crippen LogP contribution in [0.2, 0.25) is 15.1 Å². The van der Waals surface area contributed by atoms with Crippen LogP contribution in [0.1, 0.15) is 16.8 Å². The quantitative estimate of drug-likeness (QED) is 0.289. The predicted octanol–water partition coefficient (Wildman–Crippen LogP) is 8.76. The minimum absolute atomic E-state index is 0.0349. The lowest BCUT2D eigenvalue weighted by Gasteiger charge is -2.21. The molecule has 4 nitrogen and oxygen atoms in total. The summed E-state index contributed by atoms with van der Waals surface area (Å²) in [5.74, 6) is -1.14. The van der Waals surface area contributed by atoms with Crippen LogP contribution in [0.5, 0.6) is 0 Å². The van der Waals surface area contributed by atoms with Gasteiger partial charge < -0.3 is 5.32 Å². The Kier molecular flexibility index (Phi) is 7.59. The maximum atomic E-state index is 13.5. The van der Waals surface area contributed by atoms with Crippen LogP contribution in [0.4, 0.5) is 51.1 Å². The summed E-state index contributed by atoms with van der Waals surface area (Å²) in [5, 5.41) is 0.215. The van der Waals surface area contributed by atoms with E-state index in [-0.39, 0.29) is 27.9 Å². The number of halogens is 13. The summed E-state index contributed by atoms with van der Waals surface area (Å²) in [6, 6.07) is 3.26. The van der Waals surface area contributed by atoms with Gasteiger partial charge in [-0.25, -0.2) is 9.55 Å². The highest BCUT2D eigenvalue weighted by Crippen LogP contribution is 2.44. The number of hydrogen-bond acceptors (Lipinski definition) is 3. The Morgan fingerprint density at radius 2 is 1.47 bits per heavy atom. The van der Waals surface area contributed by atoms with E-state index < -0.39 is 62.0 Å². The summed E-state index contributed by atoms with van der Waals surface area (Å²) in [6.45, 7) is 0. The fourth-order valence-corrected chi connectivity index (χ4v) is 4.14. The Morgan fingerprint density at radius 3 is 1.97 bits per heavy atom. The number of rotatable bonds is 3. The van der Waals surface area contributed by atoms with E-state index in [1.807, 2.05) is 5.32 Å². The summed E-state index contributed by atoms with van der Waals surface area (Å²) >= 11 is 19.9. The van der Waals surface area contributed by atoms with Gasteiger partial charge in [0, 0.05) is 5.02 Å². The van der Waals surface area contributed by atoms with Crippen molar-refractivity contribution in [2.24, 2.45) is 0 Å². The highest BCUT2D eigenvalue weighted by molar-refractivity contribution is 9.10. The molecule has 0 spiro atoms. The van der Waals surface area contributed by atoms with E-state index in [9.17, 15) is 44.3 Å². The third-order valence-electron chi connectivity index (χ3n) is 4.40. The second kappa shape index (κ2) is 9.62. The molecule has 0 unspecified atom stereocenters. The Bertz CT molecular complexity index is 1400. The number of anilines is 2. The molecule has 0 saturated carbocycles. The van der Waals surface area contributed by atoms with Crippen LogP contribution in [0.3, 0.4) is 0 Å². The zero-order valence-electron chi connectivity index (χ0n) is 16.6. The van der Waals surface area contributed by atoms with E-state index >= 15 is 0 Å². The Morgan fingerprint density at radius 1 is 0.861 bits per heavy atom. The lowest BCUT2D eigenvalue weighted by molar-refractivity contribution is -0.143. The molecule has 0 aliphatic heterocycles. The average Bonchev–Trinajstić information content (AvgIpc) is 2.70. The molecule has 3 aromatic rings. The maximum absolute atomic E-state index is 13.5. The van der Waals surface area contributed by atoms with E-state index in [2.05, 4.69) is 20.9 Å². The fourth-order valence-electron chi connectivity index (χ4n) is 2.86. The fraction of sp³-hybridized carbons (Fsp3) is 0.158. The first-order chi connectivity index (χ1) is 16.3. The first-order valence-corrected chi connectivity index (χ1v) is 10.8. The monoisotopic (exact) mass is 647 g/mol. The maximum Gasteiger partial charge on any atom is 0.435 e. The number of aromatic nitrogens is 2. The normalized spacial score (nSPS) is 12.7. The molecule has 1 N–H and O–H groups in total. The van der Waals surface area contributed by atoms with E-state index in [0.29, 0.717) is 4.57 Å². The van der Waals surface area contributed by atoms with Gasteiger partial charge in [0.2, 0.25) is 5.95 Å². The van der Waals surface area contributed by atoms with Gasteiger partial charge in [-0.15, -0.1) is 0 Å². The molecule has 1 heterocycles. The van der Waals surface area contributed by atoms with E-state index in [0.717, 1.165) is 18.2 Å². The summed E-state index contributed by atoms with van der Waals surface area (Å²) < 4.78 is 120. The number of hydrogen-bond donors (Lipinski definition) is 1. The van der Waals surface area contributed by atoms with Gasteiger partial charge in [-0.2, -0.15) is 39.5 Å². The van der Waals surface area contributed by atoms with Gasteiger partial charge in [0.25, 0.3) is 5.56 Å². The zero-order chi connectivity index (χ0) is 27.4. The van der Waals surface area contributed by atoms with E-state index in [1.165, 1.54) is 0 Å². The number of nitrogens with zero attached hydrogens (tertiary/aromatic N) is 2. The SMILES string of the molecule is O=c1c(Cl)c(C(F)(F)F)nc(Nc2cc(C(F)(F)F)cc(C(F)(F)F)c2Br)n1-c1ccc(Cl)cc1Cl. The molecular formula is C19H6BrCl3F9N3O. The van der Waals surface area contributed by atoms with Crippen molar-refractivity contribution in [3.63, 3.8) is 0 Å². The van der Waals surface area contributed by atoms with E-state index in [1.54, 1.807) is 0 Å². The molecule has 0 atom stereocenters. The molecule has 0 radical (unpaired) electrons. The first kappa shape index (κ1) is 28.4. The van der Waals surface area contributed by atoms with Gasteiger partial charge in [-0.3, -0.25) is 4.79 Å². The topological polar surface area (TPSA) is 46.9 Å². The highest BCUT2D eigenvalue weighted by Gasteiger charge is 2.41. The first-order valence-electron chi connectivity index (χ1n) is 8.92. The Labute approximate surface area is 217 Å². The van der Waals surface area contributed by atoms with Crippen molar-refractivity contribution in [3.8, 4) is 5.69 Å². The standard InChI is InChI=1S/C19H6BrCl3F9N3O/c20-12-8(18(27,28)29)3-6(17(24,25)26)4-10(12)33-16-34-14(19(30,31)32)13(23)15(36)35(16)11-2-1-7(21)5-9(11)22/h1-5H,(H,33,34). The summed E-state index contributed by atoms with van der Waals surface area (Å²) in [6.07, 6.45) is -15.9. The number of nitrogens with one attached hydrogen (secondary N) is 1. The molecule has 0 aliphatic rings. The molecule has 0 fully saturated rings. The van der Waals surface area contributed by atoms with Gasteiger partial charge in [-0.05, 0) is 46.3 Å². The van der Waals surface area contributed by atoms with Crippen molar-refractivity contribution < 1.29 is 39.5 Å². The van der Waals surface area contributed by atoms with Crippen molar-refractivity contribution >= 4 is 62.4 Å². The molecule has 36 heavy (non-hydrogen) atoms. The Balaban J connectivity index is 2.40. The third kappa shape index (κ3) is 5.71. The van der Waals surface area contributed by atoms with E-state index in [4.69, 9.17) is 34.8 Å². The highest BCUT2D eigenvalue weighted by atomic mass is 79.9. The van der Waals surface area contributed by atoms with Crippen molar-refractivity contribution in [2.75, 3.05) is 5.32 Å². The van der Waals surface area contributed by atoms with Crippen LogP contribution < -0.4 is 10.9 Å². The summed E-state index contributed by atoms with van der Waals surface area (Å²) in [5.41, 5.74) is -8.51. The molecule has 0 saturated heterocycles. The minimum Gasteiger partial charge on any atom is -0.324 e. The minimum atomic E-state index is -5.32. The molecule has 0 bridgehead atoms. The molecule has 1 aromatic heterocycles. The molecule has 0 amide bonds. The zero-order valence-corrected chi connectivity index (χ0v) is 20.5. The molecule has 0 aliphatic carbocycles. The average molecular weight is 650 g/mol. The van der Waals surface area contributed by atoms with Gasteiger partial charge in [0.05, 0.1) is 32.0 Å². The lowest BCUT2D eigenvalue weighted by atomic mass is 10.1. The van der Waals surface area contributed by atoms with Crippen LogP contribution in [0.15, 0.2) is 39.6 Å². The van der Waals surface area contributed by atoms with Gasteiger partial charge in [-0.1, -0.05) is 34.8 Å². The molecule has 17 heteroatoms. The van der Waals surface area contributed by atoms with Gasteiger partial charge in [0.15, 0.2) is 5.69 Å². The second-order valence-corrected chi connectivity index (χ2v) is 8.85. The van der Waals surface area contributed by atoms with Crippen LogP contribution >= 0.6 is 50.7 Å². The van der Waals surface area contributed by atoms with Gasteiger partial charge in [0.1, 0.15) is 5.02 Å². The summed E-state index contributed by atoms with van der Waals surface area (Å²) in [7, 11) is 0. The van der Waals surface area contributed by atoms with Crippen molar-refractivity contribution in [3.05, 3.63) is 77.0 Å². The lowest BCUT2D eigenvalue weighted by Crippen LogP contribution is -2.28. The van der Waals surface area contributed by atoms with Crippen LogP contribution in [-0.2, 0) is 18.5 Å². The number of benzene rings is 2. The smallest absolute Gasteiger partial charge is 0.324 e. The number of alkyl halides is 9. The van der Waals surface area contributed by atoms with Gasteiger partial charge >= 0.3 is 18.5 Å². The van der Waals surface area contributed by atoms with Crippen LogP contribution in [0.25, 0.3) is 5.69 Å². The molecule has 3 rings (SSSR count). The predicted molar refractivity (Wildman–Crippen MR) is 117 cm³/mol. The van der Waals surface area contributed by atoms with Crippen molar-refractivity contribution in [1.82, 2.24) is 9.55 Å². The largest absolute Gasteiger partial charge is 0.435 e.